The van der Waals surface area contributed by atoms with Crippen molar-refractivity contribution < 1.29 is 24.1 Å². The summed E-state index contributed by atoms with van der Waals surface area (Å²) in [5.41, 5.74) is 1.38. The molecule has 0 aliphatic heterocycles. The van der Waals surface area contributed by atoms with Crippen molar-refractivity contribution in [2.45, 2.75) is 32.7 Å². The van der Waals surface area contributed by atoms with Crippen LogP contribution >= 0.6 is 0 Å². The number of hydrogen-bond donors (Lipinski definition) is 3. The fourth-order valence-electron chi connectivity index (χ4n) is 3.01. The van der Waals surface area contributed by atoms with Crippen molar-refractivity contribution in [3.63, 3.8) is 0 Å². The first-order chi connectivity index (χ1) is 14.4. The van der Waals surface area contributed by atoms with Gasteiger partial charge >= 0.3 is 5.97 Å². The van der Waals surface area contributed by atoms with E-state index in [1.54, 1.807) is 14.2 Å². The molecule has 164 valence electrons. The molecule has 0 saturated carbocycles. The SMILES string of the molecule is COCCCOc1cc(CCNC(C)C)c(-c2cc(=O)c(C(=O)O)c[nH]2)cc1OC. The third-order valence-corrected chi connectivity index (χ3v) is 4.52. The van der Waals surface area contributed by atoms with Gasteiger partial charge in [-0.25, -0.2) is 4.79 Å². The number of carboxylic acid groups (broad SMARTS) is 1. The minimum absolute atomic E-state index is 0.299. The summed E-state index contributed by atoms with van der Waals surface area (Å²) in [5, 5.41) is 12.5. The molecule has 0 spiro atoms. The van der Waals surface area contributed by atoms with Crippen LogP contribution in [0.1, 0.15) is 36.2 Å². The van der Waals surface area contributed by atoms with Gasteiger partial charge < -0.3 is 29.6 Å². The van der Waals surface area contributed by atoms with Crippen LogP contribution in [-0.4, -0.2) is 56.1 Å². The van der Waals surface area contributed by atoms with Crippen molar-refractivity contribution in [1.29, 1.82) is 0 Å². The molecule has 8 heteroatoms. The van der Waals surface area contributed by atoms with Crippen LogP contribution in [0.5, 0.6) is 11.5 Å². The highest BCUT2D eigenvalue weighted by atomic mass is 16.5. The van der Waals surface area contributed by atoms with Gasteiger partial charge in [-0.05, 0) is 30.7 Å². The Bertz CT molecular complexity index is 907. The van der Waals surface area contributed by atoms with Crippen molar-refractivity contribution in [2.24, 2.45) is 0 Å². The number of aromatic nitrogens is 1. The van der Waals surface area contributed by atoms with E-state index in [-0.39, 0.29) is 5.56 Å². The summed E-state index contributed by atoms with van der Waals surface area (Å²) in [4.78, 5) is 26.3. The van der Waals surface area contributed by atoms with E-state index in [9.17, 15) is 9.59 Å². The Labute approximate surface area is 176 Å². The lowest BCUT2D eigenvalue weighted by atomic mass is 9.99. The van der Waals surface area contributed by atoms with Crippen molar-refractivity contribution in [3.05, 3.63) is 45.7 Å². The van der Waals surface area contributed by atoms with Gasteiger partial charge in [0.2, 0.25) is 0 Å². The maximum Gasteiger partial charge on any atom is 0.341 e. The second-order valence-corrected chi connectivity index (χ2v) is 7.14. The van der Waals surface area contributed by atoms with Crippen molar-refractivity contribution in [1.82, 2.24) is 10.3 Å². The Balaban J connectivity index is 2.44. The Hall–Kier alpha value is -2.84. The van der Waals surface area contributed by atoms with Gasteiger partial charge in [0.25, 0.3) is 0 Å². The summed E-state index contributed by atoms with van der Waals surface area (Å²) in [6.07, 6.45) is 2.65. The zero-order valence-corrected chi connectivity index (χ0v) is 17.9. The summed E-state index contributed by atoms with van der Waals surface area (Å²) in [6.45, 7) is 5.96. The van der Waals surface area contributed by atoms with Crippen LogP contribution in [0.15, 0.2) is 29.2 Å². The molecule has 0 unspecified atom stereocenters. The number of pyridine rings is 1. The van der Waals surface area contributed by atoms with E-state index in [0.717, 1.165) is 24.1 Å². The Morgan fingerprint density at radius 3 is 2.53 bits per heavy atom. The van der Waals surface area contributed by atoms with Gasteiger partial charge in [0.1, 0.15) is 5.56 Å². The molecule has 0 saturated heterocycles. The van der Waals surface area contributed by atoms with E-state index in [1.807, 2.05) is 12.1 Å². The third-order valence-electron chi connectivity index (χ3n) is 4.52. The van der Waals surface area contributed by atoms with E-state index in [1.165, 1.54) is 12.3 Å². The first-order valence-electron chi connectivity index (χ1n) is 9.89. The average molecular weight is 418 g/mol. The number of aromatic amines is 1. The second kappa shape index (κ2) is 11.4. The summed E-state index contributed by atoms with van der Waals surface area (Å²) in [6, 6.07) is 5.36. The number of carboxylic acids is 1. The molecule has 0 aliphatic rings. The monoisotopic (exact) mass is 418 g/mol. The normalized spacial score (nSPS) is 11.0. The van der Waals surface area contributed by atoms with Crippen molar-refractivity contribution in [3.8, 4) is 22.8 Å². The summed E-state index contributed by atoms with van der Waals surface area (Å²) < 4.78 is 16.4. The van der Waals surface area contributed by atoms with Crippen molar-refractivity contribution in [2.75, 3.05) is 34.0 Å². The first-order valence-corrected chi connectivity index (χ1v) is 9.89. The number of rotatable bonds is 12. The predicted molar refractivity (Wildman–Crippen MR) is 115 cm³/mol. The van der Waals surface area contributed by atoms with E-state index < -0.39 is 11.4 Å². The Kier molecular flexibility index (Phi) is 8.89. The van der Waals surface area contributed by atoms with Gasteiger partial charge in [-0.2, -0.15) is 0 Å². The van der Waals surface area contributed by atoms with Crippen LogP contribution < -0.4 is 20.2 Å². The third kappa shape index (κ3) is 6.33. The molecule has 3 N–H and O–H groups in total. The largest absolute Gasteiger partial charge is 0.493 e. The number of nitrogens with one attached hydrogen (secondary N) is 2. The number of benzene rings is 1. The van der Waals surface area contributed by atoms with Gasteiger partial charge in [0.05, 0.1) is 13.7 Å². The number of aromatic carboxylic acids is 1. The van der Waals surface area contributed by atoms with E-state index in [2.05, 4.69) is 24.1 Å². The zero-order valence-electron chi connectivity index (χ0n) is 17.9. The molecular formula is C22H30N2O6. The molecule has 0 bridgehead atoms. The first kappa shape index (κ1) is 23.4. The zero-order chi connectivity index (χ0) is 22.1. The molecule has 0 atom stereocenters. The van der Waals surface area contributed by atoms with E-state index >= 15 is 0 Å². The van der Waals surface area contributed by atoms with Gasteiger partial charge in [-0.15, -0.1) is 0 Å². The molecule has 2 aromatic rings. The van der Waals surface area contributed by atoms with Crippen LogP contribution in [0, 0.1) is 0 Å². The summed E-state index contributed by atoms with van der Waals surface area (Å²) in [5.74, 6) is -0.117. The molecular weight excluding hydrogens is 388 g/mol. The molecule has 1 aromatic carbocycles. The van der Waals surface area contributed by atoms with Crippen LogP contribution in [0.2, 0.25) is 0 Å². The molecule has 0 fully saturated rings. The standard InChI is InChI=1S/C22H30N2O6/c1-14(2)23-7-6-15-10-21(30-9-5-8-28-3)20(29-4)11-16(15)18-12-19(25)17(13-24-18)22(26)27/h10-14,23H,5-9H2,1-4H3,(H,24,25)(H,26,27). The molecule has 1 aromatic heterocycles. The number of carbonyl (C=O) groups is 1. The maximum atomic E-state index is 12.2. The molecule has 0 radical (unpaired) electrons. The molecule has 2 rings (SSSR count). The fourth-order valence-corrected chi connectivity index (χ4v) is 3.01. The van der Waals surface area contributed by atoms with Gasteiger partial charge in [0, 0.05) is 49.7 Å². The Morgan fingerprint density at radius 1 is 1.17 bits per heavy atom. The van der Waals surface area contributed by atoms with Crippen LogP contribution in [-0.2, 0) is 11.2 Å². The minimum Gasteiger partial charge on any atom is -0.493 e. The lowest BCUT2D eigenvalue weighted by Crippen LogP contribution is -2.25. The van der Waals surface area contributed by atoms with E-state index in [4.69, 9.17) is 19.3 Å². The maximum absolute atomic E-state index is 12.2. The number of H-pyrrole nitrogens is 1. The highest BCUT2D eigenvalue weighted by Gasteiger charge is 2.16. The molecule has 30 heavy (non-hydrogen) atoms. The minimum atomic E-state index is -1.26. The summed E-state index contributed by atoms with van der Waals surface area (Å²) in [7, 11) is 3.20. The topological polar surface area (TPSA) is 110 Å². The second-order valence-electron chi connectivity index (χ2n) is 7.14. The number of hydrogen-bond acceptors (Lipinski definition) is 6. The van der Waals surface area contributed by atoms with E-state index in [0.29, 0.717) is 42.9 Å². The molecule has 8 nitrogen and oxygen atoms in total. The van der Waals surface area contributed by atoms with Gasteiger partial charge in [0.15, 0.2) is 16.9 Å². The highest BCUT2D eigenvalue weighted by molar-refractivity contribution is 5.87. The fraction of sp³-hybridized carbons (Fsp3) is 0.455. The molecule has 1 heterocycles. The lowest BCUT2D eigenvalue weighted by Gasteiger charge is -2.17. The molecule has 0 aliphatic carbocycles. The number of ether oxygens (including phenoxy) is 3. The molecule has 0 amide bonds. The van der Waals surface area contributed by atoms with Gasteiger partial charge in [-0.3, -0.25) is 4.79 Å². The smallest absolute Gasteiger partial charge is 0.341 e. The Morgan fingerprint density at radius 2 is 1.93 bits per heavy atom. The van der Waals surface area contributed by atoms with Crippen LogP contribution in [0.3, 0.4) is 0 Å². The van der Waals surface area contributed by atoms with Crippen molar-refractivity contribution >= 4 is 5.97 Å². The highest BCUT2D eigenvalue weighted by Crippen LogP contribution is 2.35. The number of methoxy groups -OCH3 is 2. The lowest BCUT2D eigenvalue weighted by molar-refractivity contribution is 0.0695. The van der Waals surface area contributed by atoms with Crippen LogP contribution in [0.25, 0.3) is 11.3 Å². The van der Waals surface area contributed by atoms with Crippen LogP contribution in [0.4, 0.5) is 0 Å². The summed E-state index contributed by atoms with van der Waals surface area (Å²) >= 11 is 0. The van der Waals surface area contributed by atoms with Gasteiger partial charge in [-0.1, -0.05) is 13.8 Å². The quantitative estimate of drug-likeness (QED) is 0.455. The average Bonchev–Trinajstić information content (AvgIpc) is 2.70. The predicted octanol–water partition coefficient (Wildman–Crippen LogP) is 2.70.